The number of amides is 1. The molecular formula is C15H22N2O4. The van der Waals surface area contributed by atoms with Crippen LogP contribution in [-0.2, 0) is 25.7 Å². The maximum absolute atomic E-state index is 11.5. The van der Waals surface area contributed by atoms with E-state index in [1.54, 1.807) is 0 Å². The maximum atomic E-state index is 11.5. The van der Waals surface area contributed by atoms with Gasteiger partial charge in [-0.2, -0.15) is 0 Å². The van der Waals surface area contributed by atoms with Crippen LogP contribution >= 0.6 is 0 Å². The van der Waals surface area contributed by atoms with Gasteiger partial charge in [-0.1, -0.05) is 30.3 Å². The van der Waals surface area contributed by atoms with E-state index in [1.165, 1.54) is 0 Å². The molecule has 0 saturated heterocycles. The minimum absolute atomic E-state index is 0.0718. The zero-order valence-electron chi connectivity index (χ0n) is 12.0. The molecule has 0 unspecified atom stereocenters. The molecule has 0 fully saturated rings. The average molecular weight is 294 g/mol. The van der Waals surface area contributed by atoms with Gasteiger partial charge >= 0.3 is 5.97 Å². The summed E-state index contributed by atoms with van der Waals surface area (Å²) in [4.78, 5) is 23.0. The summed E-state index contributed by atoms with van der Waals surface area (Å²) < 4.78 is 10.2. The van der Waals surface area contributed by atoms with Crippen molar-refractivity contribution in [1.82, 2.24) is 5.32 Å². The zero-order chi connectivity index (χ0) is 15.3. The van der Waals surface area contributed by atoms with Gasteiger partial charge in [0.1, 0.15) is 6.61 Å². The van der Waals surface area contributed by atoms with Gasteiger partial charge in [0, 0.05) is 19.5 Å². The Hall–Kier alpha value is -1.92. The third kappa shape index (κ3) is 8.78. The third-order valence-corrected chi connectivity index (χ3v) is 2.63. The van der Waals surface area contributed by atoms with Crippen molar-refractivity contribution in [2.24, 2.45) is 5.73 Å². The largest absolute Gasteiger partial charge is 0.461 e. The van der Waals surface area contributed by atoms with E-state index < -0.39 is 0 Å². The summed E-state index contributed by atoms with van der Waals surface area (Å²) in [6.07, 6.45) is 0.187. The van der Waals surface area contributed by atoms with Crippen LogP contribution < -0.4 is 11.1 Å². The molecule has 0 heterocycles. The minimum Gasteiger partial charge on any atom is -0.461 e. The fourth-order valence-corrected chi connectivity index (χ4v) is 1.56. The number of carbonyl (C=O) groups is 2. The summed E-state index contributed by atoms with van der Waals surface area (Å²) in [5.74, 6) is -0.573. The molecule has 0 bridgehead atoms. The van der Waals surface area contributed by atoms with Gasteiger partial charge in [0.15, 0.2) is 0 Å². The molecule has 6 nitrogen and oxygen atoms in total. The Morgan fingerprint density at radius 3 is 2.57 bits per heavy atom. The summed E-state index contributed by atoms with van der Waals surface area (Å²) in [7, 11) is 0. The van der Waals surface area contributed by atoms with E-state index in [2.05, 4.69) is 5.32 Å². The zero-order valence-corrected chi connectivity index (χ0v) is 12.0. The van der Waals surface area contributed by atoms with Crippen molar-refractivity contribution in [1.29, 1.82) is 0 Å². The predicted molar refractivity (Wildman–Crippen MR) is 78.4 cm³/mol. The first kappa shape index (κ1) is 17.1. The van der Waals surface area contributed by atoms with Crippen LogP contribution in [0, 0.1) is 0 Å². The van der Waals surface area contributed by atoms with Gasteiger partial charge in [0.05, 0.1) is 19.6 Å². The lowest BCUT2D eigenvalue weighted by molar-refractivity contribution is -0.146. The SMILES string of the molecule is NCCOCCNC(=O)CCC(=O)OCc1ccccc1. The normalized spacial score (nSPS) is 10.1. The summed E-state index contributed by atoms with van der Waals surface area (Å²) in [5.41, 5.74) is 6.18. The minimum atomic E-state index is -0.381. The Kier molecular flexibility index (Phi) is 8.83. The van der Waals surface area contributed by atoms with Crippen molar-refractivity contribution in [2.75, 3.05) is 26.3 Å². The third-order valence-electron chi connectivity index (χ3n) is 2.63. The highest BCUT2D eigenvalue weighted by Gasteiger charge is 2.07. The van der Waals surface area contributed by atoms with Gasteiger partial charge in [0.25, 0.3) is 0 Å². The Bertz CT molecular complexity index is 423. The Morgan fingerprint density at radius 2 is 1.86 bits per heavy atom. The van der Waals surface area contributed by atoms with E-state index in [-0.39, 0.29) is 31.3 Å². The van der Waals surface area contributed by atoms with Crippen LogP contribution in [-0.4, -0.2) is 38.2 Å². The van der Waals surface area contributed by atoms with Crippen LogP contribution in [0.25, 0.3) is 0 Å². The molecule has 0 atom stereocenters. The van der Waals surface area contributed by atoms with Crippen LogP contribution in [0.15, 0.2) is 30.3 Å². The highest BCUT2D eigenvalue weighted by Crippen LogP contribution is 2.02. The van der Waals surface area contributed by atoms with Gasteiger partial charge < -0.3 is 20.5 Å². The van der Waals surface area contributed by atoms with E-state index in [1.807, 2.05) is 30.3 Å². The number of esters is 1. The molecule has 6 heteroatoms. The second kappa shape index (κ2) is 10.8. The lowest BCUT2D eigenvalue weighted by atomic mass is 10.2. The lowest BCUT2D eigenvalue weighted by Crippen LogP contribution is -2.28. The van der Waals surface area contributed by atoms with Crippen molar-refractivity contribution in [3.63, 3.8) is 0 Å². The highest BCUT2D eigenvalue weighted by molar-refractivity contribution is 5.81. The van der Waals surface area contributed by atoms with E-state index in [0.717, 1.165) is 5.56 Å². The van der Waals surface area contributed by atoms with Crippen LogP contribution in [0.5, 0.6) is 0 Å². The van der Waals surface area contributed by atoms with Gasteiger partial charge in [-0.15, -0.1) is 0 Å². The van der Waals surface area contributed by atoms with Gasteiger partial charge in [-0.3, -0.25) is 9.59 Å². The molecule has 0 saturated carbocycles. The highest BCUT2D eigenvalue weighted by atomic mass is 16.5. The summed E-state index contributed by atoms with van der Waals surface area (Å²) in [5, 5.41) is 2.66. The van der Waals surface area contributed by atoms with Crippen molar-refractivity contribution in [3.8, 4) is 0 Å². The van der Waals surface area contributed by atoms with E-state index in [0.29, 0.717) is 26.3 Å². The molecule has 1 amide bonds. The van der Waals surface area contributed by atoms with Crippen LogP contribution in [0.2, 0.25) is 0 Å². The second-order valence-electron chi connectivity index (χ2n) is 4.40. The summed E-state index contributed by atoms with van der Waals surface area (Å²) >= 11 is 0. The first-order chi connectivity index (χ1) is 10.2. The molecule has 0 aliphatic carbocycles. The quantitative estimate of drug-likeness (QED) is 0.487. The molecule has 1 aromatic rings. The molecule has 0 radical (unpaired) electrons. The fraction of sp³-hybridized carbons (Fsp3) is 0.467. The van der Waals surface area contributed by atoms with Crippen LogP contribution in [0.4, 0.5) is 0 Å². The molecule has 1 rings (SSSR count). The molecule has 3 N–H and O–H groups in total. The van der Waals surface area contributed by atoms with Gasteiger partial charge in [-0.25, -0.2) is 0 Å². The monoisotopic (exact) mass is 294 g/mol. The van der Waals surface area contributed by atoms with Crippen LogP contribution in [0.1, 0.15) is 18.4 Å². The van der Waals surface area contributed by atoms with Crippen molar-refractivity contribution < 1.29 is 19.1 Å². The number of hydrogen-bond acceptors (Lipinski definition) is 5. The van der Waals surface area contributed by atoms with Gasteiger partial charge in [-0.05, 0) is 5.56 Å². The second-order valence-corrected chi connectivity index (χ2v) is 4.40. The van der Waals surface area contributed by atoms with Gasteiger partial charge in [0.2, 0.25) is 5.91 Å². The lowest BCUT2D eigenvalue weighted by Gasteiger charge is -2.06. The molecule has 1 aromatic carbocycles. The van der Waals surface area contributed by atoms with Crippen LogP contribution in [0.3, 0.4) is 0 Å². The summed E-state index contributed by atoms with van der Waals surface area (Å²) in [6, 6.07) is 9.41. The maximum Gasteiger partial charge on any atom is 0.306 e. The van der Waals surface area contributed by atoms with Crippen molar-refractivity contribution in [2.45, 2.75) is 19.4 Å². The Balaban J connectivity index is 2.05. The standard InChI is InChI=1S/C15H22N2O4/c16-8-10-20-11-9-17-14(18)6-7-15(19)21-12-13-4-2-1-3-5-13/h1-5H,6-12,16H2,(H,17,18). The van der Waals surface area contributed by atoms with E-state index >= 15 is 0 Å². The topological polar surface area (TPSA) is 90.6 Å². The summed E-state index contributed by atoms with van der Waals surface area (Å²) in [6.45, 7) is 2.00. The van der Waals surface area contributed by atoms with Crippen molar-refractivity contribution >= 4 is 11.9 Å². The Morgan fingerprint density at radius 1 is 1.10 bits per heavy atom. The number of carbonyl (C=O) groups excluding carboxylic acids is 2. The van der Waals surface area contributed by atoms with Crippen molar-refractivity contribution in [3.05, 3.63) is 35.9 Å². The molecule has 0 aliphatic rings. The molecule has 0 spiro atoms. The number of hydrogen-bond donors (Lipinski definition) is 2. The van der Waals surface area contributed by atoms with E-state index in [9.17, 15) is 9.59 Å². The smallest absolute Gasteiger partial charge is 0.306 e. The molecular weight excluding hydrogens is 272 g/mol. The first-order valence-corrected chi connectivity index (χ1v) is 6.96. The Labute approximate surface area is 124 Å². The number of ether oxygens (including phenoxy) is 2. The number of rotatable bonds is 10. The van der Waals surface area contributed by atoms with E-state index in [4.69, 9.17) is 15.2 Å². The molecule has 0 aliphatic heterocycles. The molecule has 21 heavy (non-hydrogen) atoms. The first-order valence-electron chi connectivity index (χ1n) is 6.96. The molecule has 0 aromatic heterocycles. The number of benzene rings is 1. The average Bonchev–Trinajstić information content (AvgIpc) is 2.51. The predicted octanol–water partition coefficient (Wildman–Crippen LogP) is 0.602. The number of nitrogens with one attached hydrogen (secondary N) is 1. The fourth-order valence-electron chi connectivity index (χ4n) is 1.56. The number of nitrogens with two attached hydrogens (primary N) is 1. The molecule has 116 valence electrons.